The molecule has 0 radical (unpaired) electrons. The fourth-order valence-electron chi connectivity index (χ4n) is 3.11. The van der Waals surface area contributed by atoms with Gasteiger partial charge in [-0.2, -0.15) is 5.26 Å². The number of fused-ring (bicyclic) bond motifs is 1. The van der Waals surface area contributed by atoms with E-state index in [2.05, 4.69) is 65.4 Å². The molecule has 1 aromatic heterocycles. The summed E-state index contributed by atoms with van der Waals surface area (Å²) in [4.78, 5) is 0. The van der Waals surface area contributed by atoms with E-state index in [9.17, 15) is 0 Å². The van der Waals surface area contributed by atoms with Crippen molar-refractivity contribution in [3.8, 4) is 11.8 Å². The van der Waals surface area contributed by atoms with Gasteiger partial charge in [0.2, 0.25) is 0 Å². The highest BCUT2D eigenvalue weighted by molar-refractivity contribution is 5.86. The van der Waals surface area contributed by atoms with Gasteiger partial charge in [0.25, 0.3) is 0 Å². The number of benzene rings is 3. The summed E-state index contributed by atoms with van der Waals surface area (Å²) in [5.41, 5.74) is 5.58. The fourth-order valence-corrected chi connectivity index (χ4v) is 3.11. The van der Waals surface area contributed by atoms with Crippen LogP contribution in [0.3, 0.4) is 0 Å². The molecule has 0 saturated heterocycles. The molecular weight excluding hydrogens is 292 g/mol. The molecule has 0 unspecified atom stereocenters. The lowest BCUT2D eigenvalue weighted by Crippen LogP contribution is -1.91. The van der Waals surface area contributed by atoms with E-state index in [-0.39, 0.29) is 0 Å². The lowest BCUT2D eigenvalue weighted by atomic mass is 10.0. The molecule has 0 aliphatic heterocycles. The average molecular weight is 308 g/mol. The first-order chi connectivity index (χ1) is 11.8. The monoisotopic (exact) mass is 308 g/mol. The number of hydrogen-bond acceptors (Lipinski definition) is 1. The van der Waals surface area contributed by atoms with E-state index in [1.807, 2.05) is 30.3 Å². The second kappa shape index (κ2) is 6.06. The first kappa shape index (κ1) is 14.3. The number of aromatic nitrogens is 1. The van der Waals surface area contributed by atoms with Crippen molar-refractivity contribution in [3.63, 3.8) is 0 Å². The molecule has 0 spiro atoms. The van der Waals surface area contributed by atoms with Crippen molar-refractivity contribution in [1.82, 2.24) is 4.57 Å². The molecule has 0 bridgehead atoms. The molecule has 0 N–H and O–H groups in total. The van der Waals surface area contributed by atoms with Crippen molar-refractivity contribution in [2.24, 2.45) is 0 Å². The van der Waals surface area contributed by atoms with Crippen molar-refractivity contribution in [3.05, 3.63) is 102 Å². The number of hydrogen-bond donors (Lipinski definition) is 0. The molecule has 2 nitrogen and oxygen atoms in total. The van der Waals surface area contributed by atoms with E-state index < -0.39 is 0 Å². The normalized spacial score (nSPS) is 10.6. The van der Waals surface area contributed by atoms with E-state index >= 15 is 0 Å². The molecule has 0 aliphatic carbocycles. The molecule has 1 heterocycles. The number of nitriles is 1. The molecule has 4 aromatic rings. The van der Waals surface area contributed by atoms with Crippen LogP contribution in [0.25, 0.3) is 16.6 Å². The Balaban J connectivity index is 1.80. The van der Waals surface area contributed by atoms with Crippen LogP contribution in [-0.4, -0.2) is 4.57 Å². The van der Waals surface area contributed by atoms with Crippen molar-refractivity contribution < 1.29 is 0 Å². The maximum Gasteiger partial charge on any atom is 0.0991 e. The molecule has 0 atom stereocenters. The van der Waals surface area contributed by atoms with Crippen LogP contribution in [0.2, 0.25) is 0 Å². The summed E-state index contributed by atoms with van der Waals surface area (Å²) in [7, 11) is 0. The van der Waals surface area contributed by atoms with E-state index in [1.54, 1.807) is 0 Å². The molecule has 0 saturated carbocycles. The van der Waals surface area contributed by atoms with Crippen molar-refractivity contribution >= 4 is 10.9 Å². The first-order valence-electron chi connectivity index (χ1n) is 7.98. The molecule has 0 fully saturated rings. The Morgan fingerprint density at radius 3 is 2.25 bits per heavy atom. The topological polar surface area (TPSA) is 28.7 Å². The van der Waals surface area contributed by atoms with Gasteiger partial charge in [-0.3, -0.25) is 0 Å². The first-order valence-corrected chi connectivity index (χ1v) is 7.98. The molecule has 4 rings (SSSR count). The van der Waals surface area contributed by atoms with E-state index in [0.29, 0.717) is 5.56 Å². The van der Waals surface area contributed by atoms with E-state index in [1.165, 1.54) is 27.7 Å². The van der Waals surface area contributed by atoms with Gasteiger partial charge in [-0.1, -0.05) is 48.5 Å². The third kappa shape index (κ3) is 2.57. The van der Waals surface area contributed by atoms with Crippen molar-refractivity contribution in [2.75, 3.05) is 0 Å². The molecule has 3 aromatic carbocycles. The zero-order chi connectivity index (χ0) is 16.4. The van der Waals surface area contributed by atoms with Gasteiger partial charge in [0.05, 0.1) is 17.1 Å². The predicted molar refractivity (Wildman–Crippen MR) is 97.2 cm³/mol. The zero-order valence-corrected chi connectivity index (χ0v) is 13.2. The van der Waals surface area contributed by atoms with Crippen LogP contribution in [0.1, 0.15) is 16.7 Å². The van der Waals surface area contributed by atoms with Crippen LogP contribution in [-0.2, 0) is 6.42 Å². The van der Waals surface area contributed by atoms with E-state index in [0.717, 1.165) is 6.42 Å². The number of para-hydroxylation sites is 2. The van der Waals surface area contributed by atoms with Crippen LogP contribution >= 0.6 is 0 Å². The van der Waals surface area contributed by atoms with Crippen LogP contribution in [0.5, 0.6) is 0 Å². The summed E-state index contributed by atoms with van der Waals surface area (Å²) in [5.74, 6) is 0. The Morgan fingerprint density at radius 1 is 0.792 bits per heavy atom. The standard InChI is InChI=1S/C22H16N2/c23-15-18-12-10-17(11-13-18)14-19-16-24(20-6-2-1-3-7-20)22-9-5-4-8-21(19)22/h1-13,16H,14H2. The minimum atomic E-state index is 0.700. The molecule has 0 amide bonds. The van der Waals surface area contributed by atoms with Crippen LogP contribution in [0.4, 0.5) is 0 Å². The maximum absolute atomic E-state index is 8.94. The summed E-state index contributed by atoms with van der Waals surface area (Å²) in [6, 6.07) is 28.9. The van der Waals surface area contributed by atoms with Crippen LogP contribution in [0, 0.1) is 11.3 Å². The minimum Gasteiger partial charge on any atom is -0.316 e. The molecular formula is C22H16N2. The summed E-state index contributed by atoms with van der Waals surface area (Å²) < 4.78 is 2.24. The average Bonchev–Trinajstić information content (AvgIpc) is 3.02. The summed E-state index contributed by atoms with van der Waals surface area (Å²) in [6.45, 7) is 0. The van der Waals surface area contributed by atoms with Gasteiger partial charge in [-0.05, 0) is 47.9 Å². The Kier molecular flexibility index (Phi) is 3.61. The Labute approximate surface area is 141 Å². The SMILES string of the molecule is N#Cc1ccc(Cc2cn(-c3ccccc3)c3ccccc23)cc1. The zero-order valence-electron chi connectivity index (χ0n) is 13.2. The summed E-state index contributed by atoms with van der Waals surface area (Å²) in [6.07, 6.45) is 3.07. The highest BCUT2D eigenvalue weighted by atomic mass is 15.0. The van der Waals surface area contributed by atoms with E-state index in [4.69, 9.17) is 5.26 Å². The largest absolute Gasteiger partial charge is 0.316 e. The number of rotatable bonds is 3. The lowest BCUT2D eigenvalue weighted by molar-refractivity contribution is 1.10. The number of nitrogens with zero attached hydrogens (tertiary/aromatic N) is 2. The van der Waals surface area contributed by atoms with Gasteiger partial charge in [0, 0.05) is 17.3 Å². The molecule has 24 heavy (non-hydrogen) atoms. The second-order valence-corrected chi connectivity index (χ2v) is 5.86. The van der Waals surface area contributed by atoms with Gasteiger partial charge in [-0.25, -0.2) is 0 Å². The van der Waals surface area contributed by atoms with Crippen molar-refractivity contribution in [1.29, 1.82) is 5.26 Å². The van der Waals surface area contributed by atoms with Crippen molar-refractivity contribution in [2.45, 2.75) is 6.42 Å². The van der Waals surface area contributed by atoms with Gasteiger partial charge in [0.1, 0.15) is 0 Å². The third-order valence-electron chi connectivity index (χ3n) is 4.31. The summed E-state index contributed by atoms with van der Waals surface area (Å²) >= 11 is 0. The van der Waals surface area contributed by atoms with Gasteiger partial charge >= 0.3 is 0 Å². The molecule has 0 aliphatic rings. The lowest BCUT2D eigenvalue weighted by Gasteiger charge is -2.04. The quantitative estimate of drug-likeness (QED) is 0.518. The van der Waals surface area contributed by atoms with Crippen LogP contribution < -0.4 is 0 Å². The maximum atomic E-state index is 8.94. The highest BCUT2D eigenvalue weighted by Gasteiger charge is 2.10. The Hall–Kier alpha value is -3.31. The minimum absolute atomic E-state index is 0.700. The Bertz CT molecular complexity index is 1020. The third-order valence-corrected chi connectivity index (χ3v) is 4.31. The van der Waals surface area contributed by atoms with Gasteiger partial charge in [0.15, 0.2) is 0 Å². The molecule has 2 heteroatoms. The predicted octanol–water partition coefficient (Wildman–Crippen LogP) is 5.09. The van der Waals surface area contributed by atoms with Gasteiger partial charge in [-0.15, -0.1) is 0 Å². The summed E-state index contributed by atoms with van der Waals surface area (Å²) in [5, 5.41) is 10.2. The Morgan fingerprint density at radius 2 is 1.50 bits per heavy atom. The smallest absolute Gasteiger partial charge is 0.0991 e. The molecule has 114 valence electrons. The van der Waals surface area contributed by atoms with Gasteiger partial charge < -0.3 is 4.57 Å². The highest BCUT2D eigenvalue weighted by Crippen LogP contribution is 2.26. The van der Waals surface area contributed by atoms with Crippen LogP contribution in [0.15, 0.2) is 85.1 Å². The second-order valence-electron chi connectivity index (χ2n) is 5.86. The fraction of sp³-hybridized carbons (Fsp3) is 0.0455.